The molecule has 0 saturated carbocycles. The van der Waals surface area contributed by atoms with Gasteiger partial charge in [0.05, 0.1) is 19.8 Å². The van der Waals surface area contributed by atoms with E-state index in [-0.39, 0.29) is 37.7 Å². The second kappa shape index (κ2) is 20.4. The first-order valence-corrected chi connectivity index (χ1v) is 22.2. The van der Waals surface area contributed by atoms with Crippen LogP contribution < -0.4 is 31.9 Å². The molecular formula is C40H57N5O13Si. The van der Waals surface area contributed by atoms with Crippen LogP contribution in [0.25, 0.3) is 0 Å². The molecule has 2 amide bonds. The van der Waals surface area contributed by atoms with E-state index >= 15 is 0 Å². The van der Waals surface area contributed by atoms with Gasteiger partial charge in [-0.05, 0) is 61.3 Å². The number of ether oxygens (including phenoxy) is 3. The molecule has 2 heterocycles. The SMILES string of the molecule is COc1ccc(Cn2c(=O)ccn([C@@H]3O[C@H](C(O)[C@H](NCCCNC(=O)[C@@H](NC(=O)OCc4ccccc4)[C@H](C)O)C(=O)O)[C@@H](O)[C@H]3O[Si](C)(C)C(C)(C)C)c2=O)cc1. The predicted octanol–water partition coefficient (Wildman–Crippen LogP) is 1.30. The highest BCUT2D eigenvalue weighted by Gasteiger charge is 2.54. The maximum atomic E-state index is 14.0. The van der Waals surface area contributed by atoms with E-state index < -0.39 is 86.4 Å². The molecule has 0 bridgehead atoms. The summed E-state index contributed by atoms with van der Waals surface area (Å²) in [6.07, 6.45) is -8.52. The Morgan fingerprint density at radius 1 is 0.949 bits per heavy atom. The molecule has 1 saturated heterocycles. The lowest BCUT2D eigenvalue weighted by Crippen LogP contribution is -2.55. The normalized spacial score (nSPS) is 20.2. The third kappa shape index (κ3) is 12.1. The smallest absolute Gasteiger partial charge is 0.408 e. The van der Waals surface area contributed by atoms with E-state index in [2.05, 4.69) is 16.0 Å². The molecule has 1 aromatic heterocycles. The number of amides is 2. The quantitative estimate of drug-likeness (QED) is 0.0665. The summed E-state index contributed by atoms with van der Waals surface area (Å²) in [5.74, 6) is -1.59. The fraction of sp³-hybridized carbons (Fsp3) is 0.525. The Kier molecular flexibility index (Phi) is 16.2. The molecule has 1 fully saturated rings. The molecule has 1 aliphatic heterocycles. The number of hydrogen-bond acceptors (Lipinski definition) is 13. The number of alkyl carbamates (subject to hydrolysis) is 1. The Morgan fingerprint density at radius 3 is 2.20 bits per heavy atom. The van der Waals surface area contributed by atoms with Gasteiger partial charge in [0.15, 0.2) is 14.5 Å². The molecule has 59 heavy (non-hydrogen) atoms. The monoisotopic (exact) mass is 843 g/mol. The van der Waals surface area contributed by atoms with Crippen molar-refractivity contribution in [2.75, 3.05) is 20.2 Å². The highest BCUT2D eigenvalue weighted by atomic mass is 28.4. The molecule has 8 atom stereocenters. The van der Waals surface area contributed by atoms with Crippen LogP contribution in [0.1, 0.15) is 51.5 Å². The van der Waals surface area contributed by atoms with Gasteiger partial charge in [0, 0.05) is 18.8 Å². The van der Waals surface area contributed by atoms with Gasteiger partial charge in [-0.25, -0.2) is 9.59 Å². The number of methoxy groups -OCH3 is 1. The molecule has 0 aliphatic carbocycles. The van der Waals surface area contributed by atoms with Gasteiger partial charge < -0.3 is 55.0 Å². The van der Waals surface area contributed by atoms with Gasteiger partial charge in [0.1, 0.15) is 48.9 Å². The van der Waals surface area contributed by atoms with E-state index in [4.69, 9.17) is 18.6 Å². The minimum Gasteiger partial charge on any atom is -0.497 e. The number of carboxylic acid groups (broad SMARTS) is 1. The zero-order valence-electron chi connectivity index (χ0n) is 34.4. The average Bonchev–Trinajstić information content (AvgIpc) is 3.49. The number of carboxylic acids is 1. The van der Waals surface area contributed by atoms with Crippen molar-refractivity contribution in [3.8, 4) is 5.75 Å². The number of carbonyl (C=O) groups is 3. The third-order valence-electron chi connectivity index (χ3n) is 10.6. The van der Waals surface area contributed by atoms with Crippen molar-refractivity contribution in [2.24, 2.45) is 0 Å². The van der Waals surface area contributed by atoms with Crippen LogP contribution in [0.2, 0.25) is 18.1 Å². The number of hydrogen-bond donors (Lipinski definition) is 7. The van der Waals surface area contributed by atoms with E-state index in [9.17, 15) is 44.4 Å². The van der Waals surface area contributed by atoms with Crippen LogP contribution in [-0.4, -0.2) is 119 Å². The van der Waals surface area contributed by atoms with Crippen molar-refractivity contribution in [3.63, 3.8) is 0 Å². The number of aliphatic hydroxyl groups excluding tert-OH is 3. The summed E-state index contributed by atoms with van der Waals surface area (Å²) in [6.45, 7) is 10.9. The van der Waals surface area contributed by atoms with Crippen molar-refractivity contribution in [3.05, 3.63) is 98.8 Å². The number of aromatic nitrogens is 2. The number of carbonyl (C=O) groups excluding carboxylic acids is 2. The summed E-state index contributed by atoms with van der Waals surface area (Å²) in [7, 11) is -1.21. The van der Waals surface area contributed by atoms with Crippen molar-refractivity contribution < 1.29 is 53.4 Å². The van der Waals surface area contributed by atoms with E-state index in [0.29, 0.717) is 11.3 Å². The predicted molar refractivity (Wildman–Crippen MR) is 217 cm³/mol. The fourth-order valence-corrected chi connectivity index (χ4v) is 7.41. The van der Waals surface area contributed by atoms with Gasteiger partial charge in [-0.1, -0.05) is 63.2 Å². The standard InChI is InChI=1S/C40H57N5O13Si/c1-24(46)29(43-38(53)56-23-26-12-9-8-10-13-26)35(50)42-20-11-19-41-30(37(51)52)31(48)33-32(49)34(58-59(6,7)40(2,3)4)36(57-33)44-21-18-28(47)45(39(44)54)22-25-14-16-27(55-5)17-15-25/h8-10,12-18,21,24,29-34,36,41,46,48-49H,11,19-20,22-23H2,1-7H3,(H,42,50)(H,43,53)(H,51,52)/t24-,29-,30-,31?,32+,33+,34+,36+/m0/s1. The largest absolute Gasteiger partial charge is 0.497 e. The van der Waals surface area contributed by atoms with Gasteiger partial charge in [-0.15, -0.1) is 0 Å². The molecule has 18 nitrogen and oxygen atoms in total. The third-order valence-corrected chi connectivity index (χ3v) is 15.0. The zero-order chi connectivity index (χ0) is 43.7. The van der Waals surface area contributed by atoms with Gasteiger partial charge in [-0.3, -0.25) is 23.5 Å². The molecule has 3 aromatic rings. The van der Waals surface area contributed by atoms with Crippen molar-refractivity contribution in [2.45, 2.75) is 114 Å². The minimum atomic E-state index is -2.72. The van der Waals surface area contributed by atoms with Crippen LogP contribution in [0.3, 0.4) is 0 Å². The number of aliphatic hydroxyl groups is 3. The Morgan fingerprint density at radius 2 is 1.61 bits per heavy atom. The van der Waals surface area contributed by atoms with Crippen LogP contribution in [-0.2, 0) is 36.6 Å². The lowest BCUT2D eigenvalue weighted by molar-refractivity contribution is -0.149. The van der Waals surface area contributed by atoms with E-state index in [1.165, 1.54) is 26.3 Å². The molecule has 324 valence electrons. The number of nitrogens with zero attached hydrogens (tertiary/aromatic N) is 2. The first-order chi connectivity index (χ1) is 27.7. The molecule has 2 aromatic carbocycles. The molecule has 0 radical (unpaired) electrons. The van der Waals surface area contributed by atoms with Gasteiger partial charge in [-0.2, -0.15) is 0 Å². The lowest BCUT2D eigenvalue weighted by atomic mass is 9.99. The molecular weight excluding hydrogens is 787 g/mol. The van der Waals surface area contributed by atoms with Crippen molar-refractivity contribution in [1.82, 2.24) is 25.1 Å². The first-order valence-electron chi connectivity index (χ1n) is 19.3. The maximum Gasteiger partial charge on any atom is 0.408 e. The Hall–Kier alpha value is -4.89. The maximum absolute atomic E-state index is 14.0. The van der Waals surface area contributed by atoms with Crippen molar-refractivity contribution in [1.29, 1.82) is 0 Å². The lowest BCUT2D eigenvalue weighted by Gasteiger charge is -2.40. The molecule has 4 rings (SSSR count). The van der Waals surface area contributed by atoms with Crippen molar-refractivity contribution >= 4 is 26.3 Å². The second-order valence-electron chi connectivity index (χ2n) is 15.9. The summed E-state index contributed by atoms with van der Waals surface area (Å²) in [4.78, 5) is 64.6. The Balaban J connectivity index is 1.45. The van der Waals surface area contributed by atoms with Gasteiger partial charge >= 0.3 is 17.8 Å². The average molecular weight is 844 g/mol. The molecule has 1 aliphatic rings. The number of benzene rings is 2. The fourth-order valence-electron chi connectivity index (χ4n) is 6.12. The molecule has 1 unspecified atom stereocenters. The number of nitrogens with one attached hydrogen (secondary N) is 3. The van der Waals surface area contributed by atoms with E-state index in [0.717, 1.165) is 14.7 Å². The van der Waals surface area contributed by atoms with E-state index in [1.807, 2.05) is 39.9 Å². The molecule has 19 heteroatoms. The van der Waals surface area contributed by atoms with Gasteiger partial charge in [0.25, 0.3) is 5.56 Å². The highest BCUT2D eigenvalue weighted by molar-refractivity contribution is 6.74. The summed E-state index contributed by atoms with van der Waals surface area (Å²) in [5, 5.41) is 50.8. The first kappa shape index (κ1) is 46.8. The van der Waals surface area contributed by atoms with Crippen LogP contribution in [0.15, 0.2) is 76.4 Å². The minimum absolute atomic E-state index is 0.0135. The Bertz CT molecular complexity index is 1980. The summed E-state index contributed by atoms with van der Waals surface area (Å²) in [5.41, 5.74) is -0.0156. The summed E-state index contributed by atoms with van der Waals surface area (Å²) >= 11 is 0. The molecule has 7 N–H and O–H groups in total. The number of rotatable bonds is 19. The van der Waals surface area contributed by atoms with Gasteiger partial charge in [0.2, 0.25) is 5.91 Å². The van der Waals surface area contributed by atoms with Crippen LogP contribution in [0.5, 0.6) is 5.75 Å². The molecule has 0 spiro atoms. The second-order valence-corrected chi connectivity index (χ2v) is 20.7. The van der Waals surface area contributed by atoms with Crippen LogP contribution >= 0.6 is 0 Å². The summed E-state index contributed by atoms with van der Waals surface area (Å²) in [6, 6.07) is 13.8. The van der Waals surface area contributed by atoms with Crippen LogP contribution in [0.4, 0.5) is 4.79 Å². The number of aliphatic carboxylic acids is 1. The Labute approximate surface area is 343 Å². The highest BCUT2D eigenvalue weighted by Crippen LogP contribution is 2.42. The topological polar surface area (TPSA) is 249 Å². The zero-order valence-corrected chi connectivity index (χ0v) is 35.4. The van der Waals surface area contributed by atoms with E-state index in [1.54, 1.807) is 48.5 Å². The summed E-state index contributed by atoms with van der Waals surface area (Å²) < 4.78 is 25.2. The van der Waals surface area contributed by atoms with Crippen LogP contribution in [0, 0.1) is 0 Å².